The SMILES string of the molecule is C[C@H]1CN([C@@H](CNc2ncccc2C#N)c2cccs2)CCO1. The van der Waals surface area contributed by atoms with Gasteiger partial charge in [0.15, 0.2) is 0 Å². The average Bonchev–Trinajstić information content (AvgIpc) is 3.10. The summed E-state index contributed by atoms with van der Waals surface area (Å²) in [6, 6.07) is 10.3. The van der Waals surface area contributed by atoms with E-state index in [2.05, 4.69) is 45.7 Å². The van der Waals surface area contributed by atoms with Crippen molar-refractivity contribution in [2.24, 2.45) is 0 Å². The smallest absolute Gasteiger partial charge is 0.143 e. The lowest BCUT2D eigenvalue weighted by molar-refractivity contribution is -0.0322. The van der Waals surface area contributed by atoms with Crippen LogP contribution in [-0.4, -0.2) is 42.2 Å². The Kier molecular flexibility index (Phi) is 5.23. The molecule has 0 saturated carbocycles. The highest BCUT2D eigenvalue weighted by Crippen LogP contribution is 2.27. The predicted octanol–water partition coefficient (Wildman–Crippen LogP) is 2.89. The summed E-state index contributed by atoms with van der Waals surface area (Å²) in [6.45, 7) is 5.42. The van der Waals surface area contributed by atoms with Crippen LogP contribution in [-0.2, 0) is 4.74 Å². The maximum absolute atomic E-state index is 9.20. The molecule has 2 atom stereocenters. The first-order chi connectivity index (χ1) is 11.3. The van der Waals surface area contributed by atoms with Crippen molar-refractivity contribution in [2.75, 3.05) is 31.6 Å². The summed E-state index contributed by atoms with van der Waals surface area (Å²) in [5.74, 6) is 0.651. The number of aromatic nitrogens is 1. The summed E-state index contributed by atoms with van der Waals surface area (Å²) >= 11 is 1.76. The van der Waals surface area contributed by atoms with Gasteiger partial charge in [0, 0.05) is 30.7 Å². The number of morpholine rings is 1. The molecule has 2 aromatic rings. The lowest BCUT2D eigenvalue weighted by Gasteiger charge is -2.37. The number of nitriles is 1. The molecule has 0 radical (unpaired) electrons. The van der Waals surface area contributed by atoms with E-state index >= 15 is 0 Å². The molecule has 23 heavy (non-hydrogen) atoms. The summed E-state index contributed by atoms with van der Waals surface area (Å²) in [6.07, 6.45) is 1.95. The van der Waals surface area contributed by atoms with Crippen molar-refractivity contribution < 1.29 is 4.74 Å². The lowest BCUT2D eigenvalue weighted by atomic mass is 10.1. The molecule has 6 heteroatoms. The van der Waals surface area contributed by atoms with Crippen LogP contribution in [0.5, 0.6) is 0 Å². The van der Waals surface area contributed by atoms with Gasteiger partial charge in [-0.3, -0.25) is 4.90 Å². The van der Waals surface area contributed by atoms with Gasteiger partial charge in [0.2, 0.25) is 0 Å². The zero-order valence-corrected chi connectivity index (χ0v) is 13.9. The minimum Gasteiger partial charge on any atom is -0.376 e. The maximum atomic E-state index is 9.20. The number of thiophene rings is 1. The van der Waals surface area contributed by atoms with E-state index < -0.39 is 0 Å². The molecule has 0 unspecified atom stereocenters. The molecule has 1 fully saturated rings. The zero-order valence-electron chi connectivity index (χ0n) is 13.1. The van der Waals surface area contributed by atoms with Crippen molar-refractivity contribution in [3.63, 3.8) is 0 Å². The average molecular weight is 328 g/mol. The standard InChI is InChI=1S/C17H20N4OS/c1-13-12-21(7-8-22-13)15(16-5-3-9-23-16)11-20-17-14(10-18)4-2-6-19-17/h2-6,9,13,15H,7-8,11-12H2,1H3,(H,19,20)/t13-,15-/m0/s1. The Labute approximate surface area is 140 Å². The lowest BCUT2D eigenvalue weighted by Crippen LogP contribution is -2.44. The Morgan fingerprint density at radius 2 is 2.43 bits per heavy atom. The molecule has 0 spiro atoms. The predicted molar refractivity (Wildman–Crippen MR) is 91.5 cm³/mol. The molecule has 120 valence electrons. The Balaban J connectivity index is 1.75. The molecule has 1 aliphatic heterocycles. The molecule has 0 amide bonds. The Hall–Kier alpha value is -1.94. The van der Waals surface area contributed by atoms with Gasteiger partial charge in [0.05, 0.1) is 24.3 Å². The van der Waals surface area contributed by atoms with Crippen LogP contribution in [0.4, 0.5) is 5.82 Å². The van der Waals surface area contributed by atoms with Crippen LogP contribution in [0.15, 0.2) is 35.8 Å². The number of hydrogen-bond acceptors (Lipinski definition) is 6. The van der Waals surface area contributed by atoms with Crippen molar-refractivity contribution in [1.82, 2.24) is 9.88 Å². The summed E-state index contributed by atoms with van der Waals surface area (Å²) in [7, 11) is 0. The molecule has 1 aliphatic rings. The number of nitrogens with zero attached hydrogens (tertiary/aromatic N) is 3. The van der Waals surface area contributed by atoms with Crippen molar-refractivity contribution in [3.8, 4) is 6.07 Å². The van der Waals surface area contributed by atoms with Gasteiger partial charge in [-0.25, -0.2) is 4.98 Å². The zero-order chi connectivity index (χ0) is 16.1. The largest absolute Gasteiger partial charge is 0.376 e. The van der Waals surface area contributed by atoms with Crippen LogP contribution in [0.2, 0.25) is 0 Å². The van der Waals surface area contributed by atoms with E-state index in [1.54, 1.807) is 29.7 Å². The highest BCUT2D eigenvalue weighted by atomic mass is 32.1. The monoisotopic (exact) mass is 328 g/mol. The first-order valence-electron chi connectivity index (χ1n) is 7.76. The Bertz CT molecular complexity index is 667. The molecule has 3 rings (SSSR count). The van der Waals surface area contributed by atoms with Crippen LogP contribution >= 0.6 is 11.3 Å². The quantitative estimate of drug-likeness (QED) is 0.914. The molecule has 0 aromatic carbocycles. The van der Waals surface area contributed by atoms with Gasteiger partial charge in [-0.1, -0.05) is 6.07 Å². The third-order valence-electron chi connectivity index (χ3n) is 3.98. The second-order valence-corrected chi connectivity index (χ2v) is 6.58. The number of rotatable bonds is 5. The Morgan fingerprint density at radius 3 is 3.17 bits per heavy atom. The summed E-state index contributed by atoms with van der Waals surface area (Å²) < 4.78 is 5.66. The van der Waals surface area contributed by atoms with E-state index in [1.165, 1.54) is 4.88 Å². The molecule has 5 nitrogen and oxygen atoms in total. The fourth-order valence-electron chi connectivity index (χ4n) is 2.85. The van der Waals surface area contributed by atoms with E-state index in [0.717, 1.165) is 26.2 Å². The third-order valence-corrected chi connectivity index (χ3v) is 4.95. The molecule has 2 aromatic heterocycles. The van der Waals surface area contributed by atoms with Gasteiger partial charge in [0.25, 0.3) is 0 Å². The molecule has 1 saturated heterocycles. The highest BCUT2D eigenvalue weighted by Gasteiger charge is 2.26. The summed E-state index contributed by atoms with van der Waals surface area (Å²) in [5.41, 5.74) is 0.577. The topological polar surface area (TPSA) is 61.2 Å². The molecule has 1 N–H and O–H groups in total. The number of ether oxygens (including phenoxy) is 1. The van der Waals surface area contributed by atoms with E-state index in [9.17, 15) is 5.26 Å². The Morgan fingerprint density at radius 1 is 1.52 bits per heavy atom. The normalized spacial score (nSPS) is 19.9. The third kappa shape index (κ3) is 3.88. The fraction of sp³-hybridized carbons (Fsp3) is 0.412. The molecular formula is C17H20N4OS. The van der Waals surface area contributed by atoms with E-state index in [4.69, 9.17) is 4.74 Å². The number of anilines is 1. The fourth-order valence-corrected chi connectivity index (χ4v) is 3.71. The van der Waals surface area contributed by atoms with Crippen LogP contribution in [0, 0.1) is 11.3 Å². The second-order valence-electron chi connectivity index (χ2n) is 5.60. The number of nitrogens with one attached hydrogen (secondary N) is 1. The second kappa shape index (κ2) is 7.55. The van der Waals surface area contributed by atoms with Crippen molar-refractivity contribution in [1.29, 1.82) is 5.26 Å². The van der Waals surface area contributed by atoms with E-state index in [-0.39, 0.29) is 12.1 Å². The van der Waals surface area contributed by atoms with Gasteiger partial charge in [0.1, 0.15) is 11.9 Å². The van der Waals surface area contributed by atoms with Crippen LogP contribution in [0.3, 0.4) is 0 Å². The minimum absolute atomic E-state index is 0.246. The summed E-state index contributed by atoms with van der Waals surface area (Å²) in [5, 5.41) is 14.7. The van der Waals surface area contributed by atoms with Crippen molar-refractivity contribution in [2.45, 2.75) is 19.1 Å². The first kappa shape index (κ1) is 15.9. The van der Waals surface area contributed by atoms with Crippen molar-refractivity contribution in [3.05, 3.63) is 46.3 Å². The maximum Gasteiger partial charge on any atom is 0.143 e. The van der Waals surface area contributed by atoms with Gasteiger partial charge >= 0.3 is 0 Å². The molecular weight excluding hydrogens is 308 g/mol. The highest BCUT2D eigenvalue weighted by molar-refractivity contribution is 7.10. The van der Waals surface area contributed by atoms with Gasteiger partial charge in [-0.2, -0.15) is 5.26 Å². The molecule has 0 bridgehead atoms. The number of pyridine rings is 1. The van der Waals surface area contributed by atoms with E-state index in [1.807, 2.05) is 0 Å². The van der Waals surface area contributed by atoms with Crippen LogP contribution < -0.4 is 5.32 Å². The first-order valence-corrected chi connectivity index (χ1v) is 8.64. The number of hydrogen-bond donors (Lipinski definition) is 1. The van der Waals surface area contributed by atoms with Gasteiger partial charge in [-0.15, -0.1) is 11.3 Å². The van der Waals surface area contributed by atoms with Crippen LogP contribution in [0.1, 0.15) is 23.4 Å². The van der Waals surface area contributed by atoms with Crippen LogP contribution in [0.25, 0.3) is 0 Å². The molecule has 3 heterocycles. The summed E-state index contributed by atoms with van der Waals surface area (Å²) in [4.78, 5) is 8.06. The van der Waals surface area contributed by atoms with Gasteiger partial charge in [-0.05, 0) is 30.5 Å². The minimum atomic E-state index is 0.246. The van der Waals surface area contributed by atoms with Gasteiger partial charge < -0.3 is 10.1 Å². The van der Waals surface area contributed by atoms with Crippen molar-refractivity contribution >= 4 is 17.2 Å². The van der Waals surface area contributed by atoms with E-state index in [0.29, 0.717) is 11.4 Å². The molecule has 0 aliphatic carbocycles.